The molecule has 0 bridgehead atoms. The molecule has 4 rings (SSSR count). The van der Waals surface area contributed by atoms with Crippen molar-refractivity contribution in [1.29, 1.82) is 0 Å². The second-order valence-corrected chi connectivity index (χ2v) is 5.91. The summed E-state index contributed by atoms with van der Waals surface area (Å²) >= 11 is 1.66. The first-order valence-electron chi connectivity index (χ1n) is 7.09. The van der Waals surface area contributed by atoms with Crippen molar-refractivity contribution in [1.82, 2.24) is 25.1 Å². The zero-order valence-electron chi connectivity index (χ0n) is 12.1. The Balaban J connectivity index is 1.42. The number of aliphatic imine (C=N–C) groups is 1. The zero-order chi connectivity index (χ0) is 15.6. The molecular weight excluding hydrogens is 314 g/mol. The van der Waals surface area contributed by atoms with Crippen LogP contribution in [0, 0.1) is 0 Å². The van der Waals surface area contributed by atoms with Crippen LogP contribution >= 0.6 is 11.8 Å². The third kappa shape index (κ3) is 2.82. The lowest BCUT2D eigenvalue weighted by Crippen LogP contribution is -2.20. The molecule has 2 aliphatic rings. The number of fused-ring (bicyclic) bond motifs is 1. The van der Waals surface area contributed by atoms with E-state index >= 15 is 0 Å². The van der Waals surface area contributed by atoms with Crippen molar-refractivity contribution in [3.05, 3.63) is 41.6 Å². The molecule has 116 valence electrons. The summed E-state index contributed by atoms with van der Waals surface area (Å²) in [6, 6.07) is 7.79. The quantitative estimate of drug-likeness (QED) is 0.902. The summed E-state index contributed by atoms with van der Waals surface area (Å²) in [5, 5.41) is 16.7. The Kier molecular flexibility index (Phi) is 3.54. The highest BCUT2D eigenvalue weighted by atomic mass is 32.2. The largest absolute Gasteiger partial charge is 0.324 e. The Morgan fingerprint density at radius 3 is 2.96 bits per heavy atom. The summed E-state index contributed by atoms with van der Waals surface area (Å²) in [4.78, 5) is 18.6. The van der Waals surface area contributed by atoms with Crippen LogP contribution in [0.15, 0.2) is 41.0 Å². The molecule has 0 aliphatic carbocycles. The van der Waals surface area contributed by atoms with Crippen LogP contribution in [0.3, 0.4) is 0 Å². The van der Waals surface area contributed by atoms with Gasteiger partial charge in [-0.2, -0.15) is 0 Å². The number of anilines is 1. The topological polar surface area (TPSA) is 88.3 Å². The van der Waals surface area contributed by atoms with E-state index in [9.17, 15) is 4.79 Å². The fourth-order valence-electron chi connectivity index (χ4n) is 2.47. The van der Waals surface area contributed by atoms with Crippen molar-refractivity contribution in [3.8, 4) is 0 Å². The van der Waals surface area contributed by atoms with Gasteiger partial charge in [0, 0.05) is 17.6 Å². The van der Waals surface area contributed by atoms with Crippen molar-refractivity contribution in [3.63, 3.8) is 0 Å². The Bertz CT molecular complexity index is 782. The number of carbonyl (C=O) groups is 1. The van der Waals surface area contributed by atoms with E-state index in [0.29, 0.717) is 0 Å². The summed E-state index contributed by atoms with van der Waals surface area (Å²) in [7, 11) is 0. The predicted octanol–water partition coefficient (Wildman–Crippen LogP) is 1.03. The van der Waals surface area contributed by atoms with Gasteiger partial charge in [-0.3, -0.25) is 9.79 Å². The molecule has 1 amide bonds. The van der Waals surface area contributed by atoms with Gasteiger partial charge < -0.3 is 10.2 Å². The Morgan fingerprint density at radius 2 is 2.17 bits per heavy atom. The Hall–Kier alpha value is -2.68. The van der Waals surface area contributed by atoms with Gasteiger partial charge in [0.15, 0.2) is 5.17 Å². The number of hydrogen-bond acceptors (Lipinski definition) is 7. The summed E-state index contributed by atoms with van der Waals surface area (Å²) < 4.78 is 1.37. The molecule has 0 atom stereocenters. The van der Waals surface area contributed by atoms with E-state index in [1.807, 2.05) is 24.3 Å². The van der Waals surface area contributed by atoms with E-state index in [2.05, 4.69) is 36.1 Å². The summed E-state index contributed by atoms with van der Waals surface area (Å²) in [5.74, 6) is -0.172. The maximum absolute atomic E-state index is 11.9. The van der Waals surface area contributed by atoms with Gasteiger partial charge in [-0.05, 0) is 28.1 Å². The highest BCUT2D eigenvalue weighted by Crippen LogP contribution is 2.35. The van der Waals surface area contributed by atoms with Gasteiger partial charge in [0.1, 0.15) is 12.9 Å². The van der Waals surface area contributed by atoms with Gasteiger partial charge in [0.05, 0.1) is 12.2 Å². The smallest absolute Gasteiger partial charge is 0.246 e. The SMILES string of the molecule is O=C(Cn1cnnn1)Nc1ccc(C2=CSC3=NCCN23)cc1. The second-order valence-electron chi connectivity index (χ2n) is 5.07. The molecule has 2 aliphatic heterocycles. The number of hydrogen-bond donors (Lipinski definition) is 1. The Morgan fingerprint density at radius 1 is 1.30 bits per heavy atom. The minimum atomic E-state index is -0.172. The molecule has 1 aromatic carbocycles. The van der Waals surface area contributed by atoms with E-state index < -0.39 is 0 Å². The summed E-state index contributed by atoms with van der Waals surface area (Å²) in [6.07, 6.45) is 1.40. The molecule has 0 fully saturated rings. The fraction of sp³-hybridized carbons (Fsp3) is 0.214. The number of thioether (sulfide) groups is 1. The molecule has 23 heavy (non-hydrogen) atoms. The third-order valence-corrected chi connectivity index (χ3v) is 4.43. The molecule has 1 aromatic heterocycles. The van der Waals surface area contributed by atoms with Gasteiger partial charge >= 0.3 is 0 Å². The van der Waals surface area contributed by atoms with Crippen LogP contribution in [0.5, 0.6) is 0 Å². The third-order valence-electron chi connectivity index (χ3n) is 3.53. The number of amidine groups is 1. The molecule has 8 nitrogen and oxygen atoms in total. The number of amides is 1. The van der Waals surface area contributed by atoms with Crippen LogP contribution in [0.1, 0.15) is 5.56 Å². The molecule has 0 spiro atoms. The molecule has 3 heterocycles. The van der Waals surface area contributed by atoms with Crippen LogP contribution in [0.4, 0.5) is 5.69 Å². The van der Waals surface area contributed by atoms with Crippen molar-refractivity contribution in [2.75, 3.05) is 18.4 Å². The highest BCUT2D eigenvalue weighted by Gasteiger charge is 2.26. The average molecular weight is 327 g/mol. The average Bonchev–Trinajstić information content (AvgIpc) is 3.25. The monoisotopic (exact) mass is 327 g/mol. The normalized spacial score (nSPS) is 16.1. The molecule has 1 N–H and O–H groups in total. The molecule has 0 unspecified atom stereocenters. The summed E-state index contributed by atoms with van der Waals surface area (Å²) in [5.41, 5.74) is 3.02. The van der Waals surface area contributed by atoms with E-state index in [1.165, 1.54) is 11.0 Å². The number of tetrazole rings is 1. The fourth-order valence-corrected chi connectivity index (χ4v) is 3.43. The van der Waals surface area contributed by atoms with Gasteiger partial charge in [-0.1, -0.05) is 23.9 Å². The Labute approximate surface area is 136 Å². The predicted molar refractivity (Wildman–Crippen MR) is 87.5 cm³/mol. The van der Waals surface area contributed by atoms with Crippen molar-refractivity contribution >= 4 is 34.2 Å². The summed E-state index contributed by atoms with van der Waals surface area (Å²) in [6.45, 7) is 1.87. The number of rotatable bonds is 4. The lowest BCUT2D eigenvalue weighted by atomic mass is 10.1. The number of nitrogens with one attached hydrogen (secondary N) is 1. The van der Waals surface area contributed by atoms with Crippen LogP contribution in [0.2, 0.25) is 0 Å². The molecule has 0 radical (unpaired) electrons. The minimum Gasteiger partial charge on any atom is -0.324 e. The lowest BCUT2D eigenvalue weighted by Gasteiger charge is -2.16. The van der Waals surface area contributed by atoms with Crippen molar-refractivity contribution < 1.29 is 4.79 Å². The van der Waals surface area contributed by atoms with Crippen LogP contribution < -0.4 is 5.32 Å². The second kappa shape index (κ2) is 5.84. The first-order valence-corrected chi connectivity index (χ1v) is 7.97. The maximum Gasteiger partial charge on any atom is 0.246 e. The number of aromatic nitrogens is 4. The van der Waals surface area contributed by atoms with E-state index in [0.717, 1.165) is 35.2 Å². The molecule has 0 saturated heterocycles. The van der Waals surface area contributed by atoms with E-state index in [1.54, 1.807) is 11.8 Å². The first kappa shape index (κ1) is 13.9. The van der Waals surface area contributed by atoms with Gasteiger partial charge in [-0.25, -0.2) is 4.68 Å². The van der Waals surface area contributed by atoms with Gasteiger partial charge in [0.25, 0.3) is 0 Å². The van der Waals surface area contributed by atoms with Gasteiger partial charge in [-0.15, -0.1) is 5.10 Å². The van der Waals surface area contributed by atoms with E-state index in [-0.39, 0.29) is 12.5 Å². The molecule has 2 aromatic rings. The van der Waals surface area contributed by atoms with Crippen LogP contribution in [0.25, 0.3) is 5.70 Å². The molecular formula is C14H13N7OS. The number of benzene rings is 1. The van der Waals surface area contributed by atoms with Crippen molar-refractivity contribution in [2.24, 2.45) is 4.99 Å². The van der Waals surface area contributed by atoms with E-state index in [4.69, 9.17) is 0 Å². The van der Waals surface area contributed by atoms with Crippen LogP contribution in [-0.2, 0) is 11.3 Å². The minimum absolute atomic E-state index is 0.0874. The molecule has 9 heteroatoms. The number of nitrogens with zero attached hydrogens (tertiary/aromatic N) is 6. The maximum atomic E-state index is 11.9. The van der Waals surface area contributed by atoms with Crippen molar-refractivity contribution in [2.45, 2.75) is 6.54 Å². The lowest BCUT2D eigenvalue weighted by molar-refractivity contribution is -0.116. The first-order chi connectivity index (χ1) is 11.3. The van der Waals surface area contributed by atoms with Crippen LogP contribution in [-0.4, -0.2) is 49.3 Å². The zero-order valence-corrected chi connectivity index (χ0v) is 12.9. The highest BCUT2D eigenvalue weighted by molar-refractivity contribution is 8.16. The van der Waals surface area contributed by atoms with Gasteiger partial charge in [0.2, 0.25) is 5.91 Å². The standard InChI is InChI=1S/C14H13N7OS/c22-13(7-20-9-16-18-19-20)17-11-3-1-10(2-4-11)12-8-23-14-15-5-6-21(12)14/h1-4,8-9H,5-7H2,(H,17,22). The number of carbonyl (C=O) groups excluding carboxylic acids is 1. The molecule has 0 saturated carbocycles.